The molecule has 2 rings (SSSR count). The molecule has 0 N–H and O–H groups in total. The Balaban J connectivity index is 1.98. The van der Waals surface area contributed by atoms with E-state index in [2.05, 4.69) is 13.8 Å². The number of nitrogens with zero attached hydrogens (tertiary/aromatic N) is 3. The normalized spacial score (nSPS) is 16.1. The Morgan fingerprint density at radius 2 is 1.88 bits per heavy atom. The number of carbonyl (C=O) groups excluding carboxylic acids is 1. The SMILES string of the molecule is CCCCC(CC)C(=O)N1CCN(c2ccccc2[N+](=O)[O-])CC1. The lowest BCUT2D eigenvalue weighted by Gasteiger charge is -2.37. The fourth-order valence-electron chi connectivity index (χ4n) is 3.26. The van der Waals surface area contributed by atoms with Crippen LogP contribution in [0.25, 0.3) is 0 Å². The molecule has 0 aromatic heterocycles. The Morgan fingerprint density at radius 1 is 1.21 bits per heavy atom. The molecule has 0 bridgehead atoms. The van der Waals surface area contributed by atoms with E-state index < -0.39 is 0 Å². The standard InChI is InChI=1S/C18H27N3O3/c1-3-5-8-15(4-2)18(22)20-13-11-19(12-14-20)16-9-6-7-10-17(16)21(23)24/h6-7,9-10,15H,3-5,8,11-14H2,1-2H3. The van der Waals surface area contributed by atoms with Gasteiger partial charge in [0.05, 0.1) is 4.92 Å². The zero-order valence-electron chi connectivity index (χ0n) is 14.6. The van der Waals surface area contributed by atoms with E-state index in [9.17, 15) is 14.9 Å². The lowest BCUT2D eigenvalue weighted by atomic mass is 9.97. The zero-order chi connectivity index (χ0) is 17.5. The van der Waals surface area contributed by atoms with Gasteiger partial charge in [0.15, 0.2) is 0 Å². The highest BCUT2D eigenvalue weighted by atomic mass is 16.6. The first-order valence-electron chi connectivity index (χ1n) is 8.85. The average Bonchev–Trinajstić information content (AvgIpc) is 2.62. The maximum absolute atomic E-state index is 12.7. The van der Waals surface area contributed by atoms with Gasteiger partial charge in [-0.3, -0.25) is 14.9 Å². The first-order valence-corrected chi connectivity index (χ1v) is 8.85. The lowest BCUT2D eigenvalue weighted by Crippen LogP contribution is -2.50. The molecule has 1 fully saturated rings. The van der Waals surface area contributed by atoms with Crippen molar-refractivity contribution in [1.29, 1.82) is 0 Å². The van der Waals surface area contributed by atoms with E-state index in [-0.39, 0.29) is 22.4 Å². The number of nitro benzene ring substituents is 1. The molecule has 6 heteroatoms. The van der Waals surface area contributed by atoms with Crippen LogP contribution in [0, 0.1) is 16.0 Å². The zero-order valence-corrected chi connectivity index (χ0v) is 14.6. The first kappa shape index (κ1) is 18.2. The third kappa shape index (κ3) is 4.24. The second-order valence-corrected chi connectivity index (χ2v) is 6.31. The van der Waals surface area contributed by atoms with E-state index in [1.165, 1.54) is 6.07 Å². The van der Waals surface area contributed by atoms with Crippen LogP contribution in [0.4, 0.5) is 11.4 Å². The highest BCUT2D eigenvalue weighted by Crippen LogP contribution is 2.28. The maximum Gasteiger partial charge on any atom is 0.292 e. The van der Waals surface area contributed by atoms with Gasteiger partial charge < -0.3 is 9.80 Å². The van der Waals surface area contributed by atoms with E-state index in [1.807, 2.05) is 15.9 Å². The molecule has 132 valence electrons. The van der Waals surface area contributed by atoms with Gasteiger partial charge in [-0.1, -0.05) is 38.8 Å². The monoisotopic (exact) mass is 333 g/mol. The number of piperazine rings is 1. The van der Waals surface area contributed by atoms with Crippen LogP contribution in [0.3, 0.4) is 0 Å². The fraction of sp³-hybridized carbons (Fsp3) is 0.611. The molecular weight excluding hydrogens is 306 g/mol. The minimum atomic E-state index is -0.343. The van der Waals surface area contributed by atoms with Crippen molar-refractivity contribution in [2.45, 2.75) is 39.5 Å². The van der Waals surface area contributed by atoms with Crippen LogP contribution >= 0.6 is 0 Å². The smallest absolute Gasteiger partial charge is 0.292 e. The van der Waals surface area contributed by atoms with Crippen molar-refractivity contribution in [1.82, 2.24) is 4.90 Å². The second kappa shape index (κ2) is 8.66. The summed E-state index contributed by atoms with van der Waals surface area (Å²) in [5, 5.41) is 11.2. The van der Waals surface area contributed by atoms with Gasteiger partial charge in [-0.05, 0) is 18.9 Å². The second-order valence-electron chi connectivity index (χ2n) is 6.31. The number of unbranched alkanes of at least 4 members (excludes halogenated alkanes) is 1. The van der Waals surface area contributed by atoms with E-state index >= 15 is 0 Å². The summed E-state index contributed by atoms with van der Waals surface area (Å²) in [6.07, 6.45) is 4.02. The molecule has 1 unspecified atom stereocenters. The van der Waals surface area contributed by atoms with Crippen molar-refractivity contribution in [3.05, 3.63) is 34.4 Å². The molecular formula is C18H27N3O3. The Morgan fingerprint density at radius 3 is 2.46 bits per heavy atom. The number of anilines is 1. The van der Waals surface area contributed by atoms with Crippen molar-refractivity contribution >= 4 is 17.3 Å². The molecule has 24 heavy (non-hydrogen) atoms. The van der Waals surface area contributed by atoms with E-state index in [4.69, 9.17) is 0 Å². The van der Waals surface area contributed by atoms with E-state index in [1.54, 1.807) is 12.1 Å². The molecule has 1 aromatic carbocycles. The molecule has 6 nitrogen and oxygen atoms in total. The highest BCUT2D eigenvalue weighted by Gasteiger charge is 2.28. The number of hydrogen-bond acceptors (Lipinski definition) is 4. The molecule has 1 aliphatic rings. The molecule has 0 aliphatic carbocycles. The summed E-state index contributed by atoms with van der Waals surface area (Å²) in [7, 11) is 0. The lowest BCUT2D eigenvalue weighted by molar-refractivity contribution is -0.384. The molecule has 1 aromatic rings. The van der Waals surface area contributed by atoms with Crippen LogP contribution in [-0.4, -0.2) is 41.9 Å². The van der Waals surface area contributed by atoms with Crippen LogP contribution in [0.15, 0.2) is 24.3 Å². The average molecular weight is 333 g/mol. The van der Waals surface area contributed by atoms with Crippen molar-refractivity contribution in [3.63, 3.8) is 0 Å². The van der Waals surface area contributed by atoms with Gasteiger partial charge in [0.2, 0.25) is 5.91 Å². The number of carbonyl (C=O) groups is 1. The van der Waals surface area contributed by atoms with Gasteiger partial charge in [-0.15, -0.1) is 0 Å². The van der Waals surface area contributed by atoms with E-state index in [0.717, 1.165) is 25.7 Å². The quantitative estimate of drug-likeness (QED) is 0.566. The third-order valence-electron chi connectivity index (χ3n) is 4.76. The first-order chi connectivity index (χ1) is 11.6. The third-order valence-corrected chi connectivity index (χ3v) is 4.76. The largest absolute Gasteiger partial charge is 0.362 e. The molecule has 1 aliphatic heterocycles. The number of rotatable bonds is 7. The summed E-state index contributed by atoms with van der Waals surface area (Å²) in [6, 6.07) is 6.81. The van der Waals surface area contributed by atoms with Crippen molar-refractivity contribution in [2.75, 3.05) is 31.1 Å². The predicted octanol–water partition coefficient (Wildman–Crippen LogP) is 3.46. The van der Waals surface area contributed by atoms with Gasteiger partial charge in [0, 0.05) is 38.2 Å². The van der Waals surface area contributed by atoms with Gasteiger partial charge in [-0.25, -0.2) is 0 Å². The molecule has 1 amide bonds. The topological polar surface area (TPSA) is 66.7 Å². The Bertz CT molecular complexity index is 568. The minimum Gasteiger partial charge on any atom is -0.362 e. The van der Waals surface area contributed by atoms with Crippen molar-refractivity contribution < 1.29 is 9.72 Å². The number of hydrogen-bond donors (Lipinski definition) is 0. The van der Waals surface area contributed by atoms with Crippen molar-refractivity contribution in [3.8, 4) is 0 Å². The Labute approximate surface area is 143 Å². The molecule has 0 saturated carbocycles. The van der Waals surface area contributed by atoms with E-state index in [0.29, 0.717) is 31.9 Å². The molecule has 0 spiro atoms. The number of nitro groups is 1. The summed E-state index contributed by atoms with van der Waals surface area (Å²) >= 11 is 0. The van der Waals surface area contributed by atoms with Crippen LogP contribution in [0.1, 0.15) is 39.5 Å². The maximum atomic E-state index is 12.7. The van der Waals surface area contributed by atoms with Gasteiger partial charge in [0.1, 0.15) is 5.69 Å². The Hall–Kier alpha value is -2.11. The summed E-state index contributed by atoms with van der Waals surface area (Å²) in [6.45, 7) is 6.76. The van der Waals surface area contributed by atoms with Crippen LogP contribution in [-0.2, 0) is 4.79 Å². The highest BCUT2D eigenvalue weighted by molar-refractivity contribution is 5.79. The number of para-hydroxylation sites is 2. The summed E-state index contributed by atoms with van der Waals surface area (Å²) in [4.78, 5) is 27.4. The summed E-state index contributed by atoms with van der Waals surface area (Å²) in [5.41, 5.74) is 0.777. The van der Waals surface area contributed by atoms with Crippen LogP contribution < -0.4 is 4.90 Å². The minimum absolute atomic E-state index is 0.113. The molecule has 0 radical (unpaired) electrons. The number of amides is 1. The van der Waals surface area contributed by atoms with Crippen LogP contribution in [0.2, 0.25) is 0 Å². The predicted molar refractivity (Wildman–Crippen MR) is 95.2 cm³/mol. The summed E-state index contributed by atoms with van der Waals surface area (Å²) in [5.74, 6) is 0.357. The molecule has 1 saturated heterocycles. The van der Waals surface area contributed by atoms with Gasteiger partial charge in [-0.2, -0.15) is 0 Å². The fourth-order valence-corrected chi connectivity index (χ4v) is 3.26. The van der Waals surface area contributed by atoms with Crippen molar-refractivity contribution in [2.24, 2.45) is 5.92 Å². The van der Waals surface area contributed by atoms with Crippen LogP contribution in [0.5, 0.6) is 0 Å². The van der Waals surface area contributed by atoms with Gasteiger partial charge >= 0.3 is 0 Å². The molecule has 1 heterocycles. The van der Waals surface area contributed by atoms with Gasteiger partial charge in [0.25, 0.3) is 5.69 Å². The number of benzene rings is 1. The summed E-state index contributed by atoms with van der Waals surface area (Å²) < 4.78 is 0. The Kier molecular flexibility index (Phi) is 6.58. The molecule has 1 atom stereocenters.